The minimum Gasteiger partial charge on any atom is -0.378 e. The highest BCUT2D eigenvalue weighted by Crippen LogP contribution is 2.30. The van der Waals surface area contributed by atoms with E-state index in [-0.39, 0.29) is 11.7 Å². The van der Waals surface area contributed by atoms with Gasteiger partial charge in [0.2, 0.25) is 0 Å². The van der Waals surface area contributed by atoms with Crippen LogP contribution in [0.25, 0.3) is 0 Å². The van der Waals surface area contributed by atoms with E-state index in [4.69, 9.17) is 11.6 Å². The average Bonchev–Trinajstić information content (AvgIpc) is 2.41. The molecule has 20 heavy (non-hydrogen) atoms. The van der Waals surface area contributed by atoms with Crippen LogP contribution >= 0.6 is 27.5 Å². The maximum absolute atomic E-state index is 10.7. The molecular weight excluding hydrogens is 344 g/mol. The summed E-state index contributed by atoms with van der Waals surface area (Å²) in [5.74, 6) is 0. The number of benzene rings is 2. The summed E-state index contributed by atoms with van der Waals surface area (Å²) in [5, 5.41) is 14.7. The Kier molecular flexibility index (Phi) is 4.62. The Bertz CT molecular complexity index is 632. The number of non-ortho nitro benzene ring substituents is 1. The highest BCUT2D eigenvalue weighted by molar-refractivity contribution is 9.10. The van der Waals surface area contributed by atoms with Crippen LogP contribution in [0.3, 0.4) is 0 Å². The summed E-state index contributed by atoms with van der Waals surface area (Å²) in [4.78, 5) is 10.3. The predicted octanol–water partition coefficient (Wildman–Crippen LogP) is 5.18. The molecule has 6 heteroatoms. The zero-order chi connectivity index (χ0) is 14.7. The predicted molar refractivity (Wildman–Crippen MR) is 84.3 cm³/mol. The third-order valence-corrected chi connectivity index (χ3v) is 3.81. The molecule has 0 aromatic heterocycles. The van der Waals surface area contributed by atoms with E-state index in [0.717, 1.165) is 11.3 Å². The quantitative estimate of drug-likeness (QED) is 0.607. The van der Waals surface area contributed by atoms with Gasteiger partial charge >= 0.3 is 0 Å². The summed E-state index contributed by atoms with van der Waals surface area (Å²) in [6.45, 7) is 2.01. The van der Waals surface area contributed by atoms with Crippen molar-refractivity contribution in [1.29, 1.82) is 0 Å². The lowest BCUT2D eigenvalue weighted by Gasteiger charge is -2.16. The number of nitro groups is 1. The molecule has 0 spiro atoms. The Labute approximate surface area is 130 Å². The summed E-state index contributed by atoms with van der Waals surface area (Å²) in [6.07, 6.45) is 0. The highest BCUT2D eigenvalue weighted by Gasteiger charge is 2.11. The first-order valence-electron chi connectivity index (χ1n) is 5.93. The Balaban J connectivity index is 2.17. The molecule has 0 heterocycles. The van der Waals surface area contributed by atoms with E-state index in [2.05, 4.69) is 21.2 Å². The standard InChI is InChI=1S/C14H12BrClN2O2/c1-9(10-2-4-11(16)5-3-10)17-14-7-6-12(18(19)20)8-13(14)15/h2-9,17H,1H3. The fourth-order valence-corrected chi connectivity index (χ4v) is 2.41. The van der Waals surface area contributed by atoms with Crippen molar-refractivity contribution in [2.24, 2.45) is 0 Å². The minimum atomic E-state index is -0.419. The Morgan fingerprint density at radius 3 is 2.45 bits per heavy atom. The summed E-state index contributed by atoms with van der Waals surface area (Å²) in [5.41, 5.74) is 1.94. The van der Waals surface area contributed by atoms with Gasteiger partial charge in [-0.15, -0.1) is 0 Å². The van der Waals surface area contributed by atoms with E-state index in [1.807, 2.05) is 31.2 Å². The maximum Gasteiger partial charge on any atom is 0.270 e. The molecule has 1 atom stereocenters. The summed E-state index contributed by atoms with van der Waals surface area (Å²) >= 11 is 9.20. The molecule has 0 saturated heterocycles. The number of nitrogens with one attached hydrogen (secondary N) is 1. The molecule has 0 aliphatic carbocycles. The second kappa shape index (κ2) is 6.24. The van der Waals surface area contributed by atoms with Crippen LogP contribution < -0.4 is 5.32 Å². The maximum atomic E-state index is 10.7. The molecule has 0 bridgehead atoms. The molecule has 1 unspecified atom stereocenters. The Hall–Kier alpha value is -1.59. The molecule has 2 rings (SSSR count). The minimum absolute atomic E-state index is 0.0570. The Morgan fingerprint density at radius 2 is 1.90 bits per heavy atom. The number of hydrogen-bond acceptors (Lipinski definition) is 3. The molecule has 4 nitrogen and oxygen atoms in total. The summed E-state index contributed by atoms with van der Waals surface area (Å²) < 4.78 is 0.660. The number of hydrogen-bond donors (Lipinski definition) is 1. The van der Waals surface area contributed by atoms with Crippen molar-refractivity contribution >= 4 is 38.9 Å². The molecule has 2 aromatic rings. The molecule has 0 aliphatic rings. The Morgan fingerprint density at radius 1 is 1.25 bits per heavy atom. The van der Waals surface area contributed by atoms with Crippen molar-refractivity contribution in [1.82, 2.24) is 0 Å². The smallest absolute Gasteiger partial charge is 0.270 e. The number of rotatable bonds is 4. The van der Waals surface area contributed by atoms with Gasteiger partial charge in [-0.3, -0.25) is 10.1 Å². The van der Waals surface area contributed by atoms with Crippen molar-refractivity contribution in [3.63, 3.8) is 0 Å². The van der Waals surface area contributed by atoms with Gasteiger partial charge in [0.05, 0.1) is 4.92 Å². The fourth-order valence-electron chi connectivity index (χ4n) is 1.80. The number of halogens is 2. The van der Waals surface area contributed by atoms with E-state index in [0.29, 0.717) is 9.50 Å². The van der Waals surface area contributed by atoms with Gasteiger partial charge in [0.15, 0.2) is 0 Å². The van der Waals surface area contributed by atoms with E-state index in [1.54, 1.807) is 6.07 Å². The summed E-state index contributed by atoms with van der Waals surface area (Å²) in [6, 6.07) is 12.3. The van der Waals surface area contributed by atoms with Crippen LogP contribution in [-0.4, -0.2) is 4.92 Å². The number of nitrogens with zero attached hydrogens (tertiary/aromatic N) is 1. The van der Waals surface area contributed by atoms with Crippen LogP contribution in [0.4, 0.5) is 11.4 Å². The third kappa shape index (κ3) is 3.49. The molecule has 1 N–H and O–H groups in total. The molecule has 104 valence electrons. The van der Waals surface area contributed by atoms with E-state index in [9.17, 15) is 10.1 Å². The monoisotopic (exact) mass is 354 g/mol. The van der Waals surface area contributed by atoms with E-state index < -0.39 is 4.92 Å². The average molecular weight is 356 g/mol. The topological polar surface area (TPSA) is 55.2 Å². The van der Waals surface area contributed by atoms with Gasteiger partial charge in [0, 0.05) is 33.4 Å². The highest BCUT2D eigenvalue weighted by atomic mass is 79.9. The largest absolute Gasteiger partial charge is 0.378 e. The van der Waals surface area contributed by atoms with Crippen LogP contribution in [0.5, 0.6) is 0 Å². The van der Waals surface area contributed by atoms with E-state index in [1.165, 1.54) is 12.1 Å². The first kappa shape index (κ1) is 14.8. The van der Waals surface area contributed by atoms with Crippen LogP contribution in [0, 0.1) is 10.1 Å². The molecule has 0 aliphatic heterocycles. The first-order chi connectivity index (χ1) is 9.47. The molecule has 2 aromatic carbocycles. The first-order valence-corrected chi connectivity index (χ1v) is 7.10. The molecular formula is C14H12BrClN2O2. The van der Waals surface area contributed by atoms with Crippen LogP contribution in [0.15, 0.2) is 46.9 Å². The summed E-state index contributed by atoms with van der Waals surface area (Å²) in [7, 11) is 0. The fraction of sp³-hybridized carbons (Fsp3) is 0.143. The van der Waals surface area contributed by atoms with Crippen molar-refractivity contribution < 1.29 is 4.92 Å². The lowest BCUT2D eigenvalue weighted by Crippen LogP contribution is -2.07. The van der Waals surface area contributed by atoms with Crippen molar-refractivity contribution in [3.8, 4) is 0 Å². The number of anilines is 1. The molecule has 0 saturated carbocycles. The van der Waals surface area contributed by atoms with Crippen molar-refractivity contribution in [3.05, 3.63) is 67.6 Å². The number of nitro benzene ring substituents is 1. The lowest BCUT2D eigenvalue weighted by molar-refractivity contribution is -0.384. The van der Waals surface area contributed by atoms with Gasteiger partial charge in [0.1, 0.15) is 0 Å². The molecule has 0 fully saturated rings. The second-order valence-corrected chi connectivity index (χ2v) is 5.63. The van der Waals surface area contributed by atoms with Crippen molar-refractivity contribution in [2.45, 2.75) is 13.0 Å². The normalized spacial score (nSPS) is 11.9. The SMILES string of the molecule is CC(Nc1ccc([N+](=O)[O-])cc1Br)c1ccc(Cl)cc1. The zero-order valence-electron chi connectivity index (χ0n) is 10.6. The van der Waals surface area contributed by atoms with Crippen LogP contribution in [0.1, 0.15) is 18.5 Å². The second-order valence-electron chi connectivity index (χ2n) is 4.34. The lowest BCUT2D eigenvalue weighted by atomic mass is 10.1. The van der Waals surface area contributed by atoms with Gasteiger partial charge in [-0.05, 0) is 46.6 Å². The molecule has 0 radical (unpaired) electrons. The van der Waals surface area contributed by atoms with Gasteiger partial charge < -0.3 is 5.32 Å². The van der Waals surface area contributed by atoms with Gasteiger partial charge in [0.25, 0.3) is 5.69 Å². The zero-order valence-corrected chi connectivity index (χ0v) is 13.0. The third-order valence-electron chi connectivity index (χ3n) is 2.91. The van der Waals surface area contributed by atoms with E-state index >= 15 is 0 Å². The van der Waals surface area contributed by atoms with Gasteiger partial charge in [-0.25, -0.2) is 0 Å². The van der Waals surface area contributed by atoms with Crippen LogP contribution in [0.2, 0.25) is 5.02 Å². The molecule has 0 amide bonds. The van der Waals surface area contributed by atoms with Crippen LogP contribution in [-0.2, 0) is 0 Å². The van der Waals surface area contributed by atoms with Gasteiger partial charge in [-0.2, -0.15) is 0 Å². The van der Waals surface area contributed by atoms with Gasteiger partial charge in [-0.1, -0.05) is 23.7 Å². The van der Waals surface area contributed by atoms with Crippen molar-refractivity contribution in [2.75, 3.05) is 5.32 Å².